The molecule has 0 radical (unpaired) electrons. The Hall–Kier alpha value is -2.24. The van der Waals surface area contributed by atoms with E-state index in [0.717, 1.165) is 12.1 Å². The summed E-state index contributed by atoms with van der Waals surface area (Å²) in [6.07, 6.45) is 0. The Morgan fingerprint density at radius 2 is 1.88 bits per heavy atom. The van der Waals surface area contributed by atoms with E-state index in [9.17, 15) is 14.7 Å². The molecule has 0 aliphatic heterocycles. The summed E-state index contributed by atoms with van der Waals surface area (Å²) in [4.78, 5) is 22.5. The fourth-order valence-electron chi connectivity index (χ4n) is 1.04. The van der Waals surface area contributed by atoms with Crippen molar-refractivity contribution in [1.29, 1.82) is 0 Å². The molecular weight excluding hydrogens is 216 g/mol. The molecule has 0 atom stereocenters. The van der Waals surface area contributed by atoms with Crippen molar-refractivity contribution in [1.82, 2.24) is 0 Å². The van der Waals surface area contributed by atoms with Crippen LogP contribution in [0.4, 0.5) is 0 Å². The highest BCUT2D eigenvalue weighted by Crippen LogP contribution is 2.30. The largest absolute Gasteiger partial charge is 0.504 e. The first kappa shape index (κ1) is 11.8. The second-order valence-corrected chi connectivity index (χ2v) is 2.91. The Kier molecular flexibility index (Phi) is 3.34. The van der Waals surface area contributed by atoms with Gasteiger partial charge in [0.1, 0.15) is 0 Å². The molecule has 0 amide bonds. The number of carbonyl (C=O) groups is 1. The van der Waals surface area contributed by atoms with Crippen LogP contribution >= 0.6 is 0 Å². The van der Waals surface area contributed by atoms with Gasteiger partial charge < -0.3 is 20.1 Å². The highest BCUT2D eigenvalue weighted by molar-refractivity contribution is 5.90. The van der Waals surface area contributed by atoms with Gasteiger partial charge in [-0.05, 0) is 13.0 Å². The molecule has 6 nitrogen and oxygen atoms in total. The first-order valence-corrected chi connectivity index (χ1v) is 4.43. The highest BCUT2D eigenvalue weighted by atomic mass is 16.5. The fourth-order valence-corrected chi connectivity index (χ4v) is 1.04. The molecule has 0 saturated carbocycles. The molecular formula is C10H10O6. The first-order valence-electron chi connectivity index (χ1n) is 4.43. The summed E-state index contributed by atoms with van der Waals surface area (Å²) >= 11 is 0. The van der Waals surface area contributed by atoms with E-state index >= 15 is 0 Å². The predicted molar refractivity (Wildman–Crippen MR) is 53.7 cm³/mol. The molecule has 86 valence electrons. The molecule has 0 fully saturated rings. The van der Waals surface area contributed by atoms with Crippen LogP contribution in [0.2, 0.25) is 0 Å². The molecule has 1 rings (SSSR count). The normalized spacial score (nSPS) is 9.81. The van der Waals surface area contributed by atoms with Crippen LogP contribution in [0.25, 0.3) is 0 Å². The van der Waals surface area contributed by atoms with E-state index in [1.54, 1.807) is 6.92 Å². The molecule has 0 aliphatic carbocycles. The zero-order chi connectivity index (χ0) is 12.3. The number of carbonyl (C=O) groups excluding carboxylic acids is 1. The molecule has 6 heteroatoms. The molecule has 0 bridgehead atoms. The zero-order valence-electron chi connectivity index (χ0n) is 8.43. The van der Waals surface area contributed by atoms with Crippen LogP contribution in [0, 0.1) is 0 Å². The quantitative estimate of drug-likeness (QED) is 0.628. The van der Waals surface area contributed by atoms with Crippen LogP contribution in [0.3, 0.4) is 0 Å². The molecule has 1 aromatic rings. The molecule has 0 unspecified atom stereocenters. The average Bonchev–Trinajstić information content (AvgIpc) is 2.33. The van der Waals surface area contributed by atoms with E-state index < -0.39 is 28.6 Å². The Morgan fingerprint density at radius 3 is 2.44 bits per heavy atom. The Balaban J connectivity index is 3.41. The number of aromatic hydroxyl groups is 3. The maximum absolute atomic E-state index is 11.3. The lowest BCUT2D eigenvalue weighted by Crippen LogP contribution is -2.06. The summed E-state index contributed by atoms with van der Waals surface area (Å²) < 4.78 is 4.61. The molecule has 0 aromatic heterocycles. The molecule has 3 N–H and O–H groups in total. The molecule has 0 aliphatic rings. The first-order chi connectivity index (χ1) is 7.47. The van der Waals surface area contributed by atoms with Gasteiger partial charge in [-0.25, -0.2) is 4.79 Å². The number of rotatable bonds is 2. The topological polar surface area (TPSA) is 104 Å². The maximum Gasteiger partial charge on any atom is 0.338 e. The van der Waals surface area contributed by atoms with Crippen molar-refractivity contribution in [3.63, 3.8) is 0 Å². The van der Waals surface area contributed by atoms with Gasteiger partial charge in [-0.3, -0.25) is 4.79 Å². The van der Waals surface area contributed by atoms with Crippen molar-refractivity contribution >= 4 is 5.97 Å². The van der Waals surface area contributed by atoms with Gasteiger partial charge >= 0.3 is 5.97 Å². The van der Waals surface area contributed by atoms with Gasteiger partial charge in [-0.2, -0.15) is 0 Å². The van der Waals surface area contributed by atoms with Crippen LogP contribution in [0.1, 0.15) is 17.3 Å². The second-order valence-electron chi connectivity index (χ2n) is 2.91. The second kappa shape index (κ2) is 4.52. The summed E-state index contributed by atoms with van der Waals surface area (Å²) in [5.74, 6) is -3.60. The van der Waals surface area contributed by atoms with Crippen LogP contribution in [0.5, 0.6) is 17.2 Å². The number of ether oxygens (including phenoxy) is 1. The van der Waals surface area contributed by atoms with E-state index in [0.29, 0.717) is 0 Å². The summed E-state index contributed by atoms with van der Waals surface area (Å²) in [5, 5.41) is 27.5. The summed E-state index contributed by atoms with van der Waals surface area (Å²) in [7, 11) is 0. The standard InChI is InChI=1S/C10H10O6/c1-2-16-10(15)5-3-6(11)8(13)9(14)7(12)4-5/h3-4H,2H2,1H3,(H3,11,12,13,14). The van der Waals surface area contributed by atoms with E-state index in [2.05, 4.69) is 4.74 Å². The number of esters is 1. The smallest absolute Gasteiger partial charge is 0.338 e. The van der Waals surface area contributed by atoms with Gasteiger partial charge in [-0.15, -0.1) is 0 Å². The van der Waals surface area contributed by atoms with Crippen molar-refractivity contribution < 1.29 is 24.9 Å². The highest BCUT2D eigenvalue weighted by Gasteiger charge is 2.14. The van der Waals surface area contributed by atoms with Crippen LogP contribution in [-0.4, -0.2) is 27.9 Å². The van der Waals surface area contributed by atoms with Gasteiger partial charge in [0, 0.05) is 6.07 Å². The van der Waals surface area contributed by atoms with E-state index in [-0.39, 0.29) is 12.2 Å². The summed E-state index contributed by atoms with van der Waals surface area (Å²) in [6, 6.07) is 1.61. The van der Waals surface area contributed by atoms with Crippen molar-refractivity contribution in [2.24, 2.45) is 0 Å². The van der Waals surface area contributed by atoms with Gasteiger partial charge in [0.15, 0.2) is 5.75 Å². The SMILES string of the molecule is CCOC(=O)c1cc(O)c(O)c(O)c(=O)c1. The lowest BCUT2D eigenvalue weighted by atomic mass is 10.3. The van der Waals surface area contributed by atoms with E-state index in [1.165, 1.54) is 0 Å². The Morgan fingerprint density at radius 1 is 1.25 bits per heavy atom. The molecule has 0 spiro atoms. The number of hydrogen-bond donors (Lipinski definition) is 3. The third kappa shape index (κ3) is 2.22. The van der Waals surface area contributed by atoms with Gasteiger partial charge in [-0.1, -0.05) is 0 Å². The molecule has 16 heavy (non-hydrogen) atoms. The molecule has 1 aromatic carbocycles. The minimum Gasteiger partial charge on any atom is -0.504 e. The average molecular weight is 226 g/mol. The van der Waals surface area contributed by atoms with Crippen molar-refractivity contribution in [3.05, 3.63) is 27.9 Å². The molecule has 0 saturated heterocycles. The van der Waals surface area contributed by atoms with Gasteiger partial charge in [0.2, 0.25) is 16.9 Å². The third-order valence-corrected chi connectivity index (χ3v) is 1.79. The van der Waals surface area contributed by atoms with Gasteiger partial charge in [0.25, 0.3) is 0 Å². The summed E-state index contributed by atoms with van der Waals surface area (Å²) in [5.41, 5.74) is -1.24. The lowest BCUT2D eigenvalue weighted by Gasteiger charge is -1.98. The maximum atomic E-state index is 11.3. The van der Waals surface area contributed by atoms with Crippen LogP contribution in [-0.2, 0) is 4.74 Å². The monoisotopic (exact) mass is 226 g/mol. The van der Waals surface area contributed by atoms with E-state index in [1.807, 2.05) is 0 Å². The minimum atomic E-state index is -1.02. The zero-order valence-corrected chi connectivity index (χ0v) is 8.43. The Labute approximate surface area is 90.4 Å². The predicted octanol–water partition coefficient (Wildman–Crippen LogP) is 0.340. The Bertz CT molecular complexity index is 480. The van der Waals surface area contributed by atoms with Crippen LogP contribution in [0.15, 0.2) is 16.9 Å². The van der Waals surface area contributed by atoms with Crippen molar-refractivity contribution in [2.75, 3.05) is 6.61 Å². The minimum absolute atomic E-state index is 0.102. The summed E-state index contributed by atoms with van der Waals surface area (Å²) in [6.45, 7) is 1.68. The third-order valence-electron chi connectivity index (χ3n) is 1.79. The molecule has 0 heterocycles. The van der Waals surface area contributed by atoms with Gasteiger partial charge in [0.05, 0.1) is 12.2 Å². The lowest BCUT2D eigenvalue weighted by molar-refractivity contribution is 0.0526. The fraction of sp³-hybridized carbons (Fsp3) is 0.200. The number of hydrogen-bond acceptors (Lipinski definition) is 6. The van der Waals surface area contributed by atoms with Crippen molar-refractivity contribution in [3.8, 4) is 17.2 Å². The van der Waals surface area contributed by atoms with Crippen molar-refractivity contribution in [2.45, 2.75) is 6.92 Å². The van der Waals surface area contributed by atoms with E-state index in [4.69, 9.17) is 10.2 Å². The van der Waals surface area contributed by atoms with Crippen LogP contribution < -0.4 is 5.43 Å².